The molecule has 2 aliphatic heterocycles. The number of carbonyl (C=O) groups excluding carboxylic acids is 1. The van der Waals surface area contributed by atoms with Crippen LogP contribution in [0.5, 0.6) is 0 Å². The third kappa shape index (κ3) is 3.88. The van der Waals surface area contributed by atoms with Crippen molar-refractivity contribution in [3.8, 4) is 0 Å². The van der Waals surface area contributed by atoms with Gasteiger partial charge in [-0.05, 0) is 58.6 Å². The van der Waals surface area contributed by atoms with Crippen molar-refractivity contribution in [1.29, 1.82) is 0 Å². The van der Waals surface area contributed by atoms with Crippen molar-refractivity contribution in [1.82, 2.24) is 24.8 Å². The van der Waals surface area contributed by atoms with E-state index in [0.717, 1.165) is 83.9 Å². The second-order valence-corrected chi connectivity index (χ2v) is 9.82. The van der Waals surface area contributed by atoms with Gasteiger partial charge in [-0.15, -0.1) is 11.3 Å². The highest BCUT2D eigenvalue weighted by Crippen LogP contribution is 2.36. The Morgan fingerprint density at radius 3 is 2.72 bits per heavy atom. The molecule has 5 heterocycles. The predicted octanol–water partition coefficient (Wildman–Crippen LogP) is 4.18. The summed E-state index contributed by atoms with van der Waals surface area (Å²) in [5.41, 5.74) is 4.10. The number of anilines is 1. The summed E-state index contributed by atoms with van der Waals surface area (Å²) < 4.78 is 0. The zero-order valence-electron chi connectivity index (χ0n) is 18.8. The smallest absolute Gasteiger partial charge is 0.266 e. The third-order valence-corrected chi connectivity index (χ3v) is 7.41. The molecule has 8 heteroatoms. The number of aryl methyl sites for hydroxylation is 3. The molecule has 1 fully saturated rings. The highest BCUT2D eigenvalue weighted by atomic mass is 32.1. The molecule has 2 aliphatic rings. The van der Waals surface area contributed by atoms with Crippen molar-refractivity contribution in [2.24, 2.45) is 0 Å². The summed E-state index contributed by atoms with van der Waals surface area (Å²) in [6, 6.07) is 5.93. The molecule has 0 N–H and O–H groups in total. The first-order valence-corrected chi connectivity index (χ1v) is 12.1. The molecule has 3 aromatic heterocycles. The minimum Gasteiger partial charge on any atom is -0.350 e. The minimum atomic E-state index is -0.0908. The van der Waals surface area contributed by atoms with Gasteiger partial charge in [-0.2, -0.15) is 0 Å². The van der Waals surface area contributed by atoms with E-state index in [2.05, 4.69) is 27.9 Å². The quantitative estimate of drug-likeness (QED) is 0.596. The standard InChI is InChI=1S/C24H28N6OS/c1-15-19-9-6-12-29(14-18-8-4-5-11-25-18)23(19)28-22(27-15)20-10-7-13-30(20)24(31)21-16(2)26-17(3)32-21/h4-5,8,11,20H,6-7,9-10,12-14H2,1-3H3. The van der Waals surface area contributed by atoms with Crippen LogP contribution in [-0.2, 0) is 13.0 Å². The van der Waals surface area contributed by atoms with E-state index < -0.39 is 0 Å². The topological polar surface area (TPSA) is 75.1 Å². The van der Waals surface area contributed by atoms with Crippen LogP contribution in [-0.4, -0.2) is 43.8 Å². The molecule has 166 valence electrons. The van der Waals surface area contributed by atoms with E-state index in [9.17, 15) is 4.79 Å². The molecule has 1 saturated heterocycles. The Labute approximate surface area is 192 Å². The lowest BCUT2D eigenvalue weighted by atomic mass is 10.0. The number of pyridine rings is 1. The summed E-state index contributed by atoms with van der Waals surface area (Å²) in [6.07, 6.45) is 5.77. The van der Waals surface area contributed by atoms with Crippen molar-refractivity contribution in [2.75, 3.05) is 18.0 Å². The number of aromatic nitrogens is 4. The second kappa shape index (κ2) is 8.58. The molecule has 0 aliphatic carbocycles. The van der Waals surface area contributed by atoms with Crippen LogP contribution in [0.2, 0.25) is 0 Å². The lowest BCUT2D eigenvalue weighted by molar-refractivity contribution is 0.0733. The summed E-state index contributed by atoms with van der Waals surface area (Å²) in [5.74, 6) is 1.83. The van der Waals surface area contributed by atoms with Crippen LogP contribution in [0.4, 0.5) is 5.82 Å². The molecule has 3 aromatic rings. The highest BCUT2D eigenvalue weighted by molar-refractivity contribution is 7.13. The van der Waals surface area contributed by atoms with E-state index in [1.54, 1.807) is 0 Å². The molecular weight excluding hydrogens is 420 g/mol. The van der Waals surface area contributed by atoms with Gasteiger partial charge in [0.15, 0.2) is 5.82 Å². The number of likely N-dealkylation sites (tertiary alicyclic amines) is 1. The van der Waals surface area contributed by atoms with Gasteiger partial charge >= 0.3 is 0 Å². The number of thiazole rings is 1. The van der Waals surface area contributed by atoms with Gasteiger partial charge in [0.1, 0.15) is 10.7 Å². The van der Waals surface area contributed by atoms with E-state index >= 15 is 0 Å². The van der Waals surface area contributed by atoms with Gasteiger partial charge in [-0.3, -0.25) is 9.78 Å². The zero-order chi connectivity index (χ0) is 22.2. The van der Waals surface area contributed by atoms with Gasteiger partial charge in [-0.1, -0.05) is 6.07 Å². The van der Waals surface area contributed by atoms with E-state index in [1.165, 1.54) is 16.9 Å². The van der Waals surface area contributed by atoms with E-state index in [4.69, 9.17) is 9.97 Å². The molecule has 32 heavy (non-hydrogen) atoms. The number of nitrogens with zero attached hydrogens (tertiary/aromatic N) is 6. The maximum absolute atomic E-state index is 13.4. The predicted molar refractivity (Wildman–Crippen MR) is 125 cm³/mol. The zero-order valence-corrected chi connectivity index (χ0v) is 19.7. The van der Waals surface area contributed by atoms with Crippen molar-refractivity contribution < 1.29 is 4.79 Å². The molecule has 0 aromatic carbocycles. The van der Waals surface area contributed by atoms with Crippen LogP contribution in [0.25, 0.3) is 0 Å². The molecule has 1 atom stereocenters. The molecule has 0 bridgehead atoms. The van der Waals surface area contributed by atoms with E-state index in [1.807, 2.05) is 37.1 Å². The monoisotopic (exact) mass is 448 g/mol. The Morgan fingerprint density at radius 2 is 1.97 bits per heavy atom. The maximum atomic E-state index is 13.4. The lowest BCUT2D eigenvalue weighted by Gasteiger charge is -2.32. The average molecular weight is 449 g/mol. The Kier molecular flexibility index (Phi) is 5.63. The molecule has 1 unspecified atom stereocenters. The van der Waals surface area contributed by atoms with Crippen molar-refractivity contribution >= 4 is 23.1 Å². The molecule has 0 spiro atoms. The van der Waals surface area contributed by atoms with Crippen molar-refractivity contribution in [3.63, 3.8) is 0 Å². The van der Waals surface area contributed by atoms with Gasteiger partial charge < -0.3 is 9.80 Å². The van der Waals surface area contributed by atoms with Gasteiger partial charge in [0.05, 0.1) is 29.0 Å². The third-order valence-electron chi connectivity index (χ3n) is 6.35. The molecule has 0 radical (unpaired) electrons. The summed E-state index contributed by atoms with van der Waals surface area (Å²) in [4.78, 5) is 37.3. The average Bonchev–Trinajstić information content (AvgIpc) is 3.41. The number of hydrogen-bond donors (Lipinski definition) is 0. The minimum absolute atomic E-state index is 0.0555. The summed E-state index contributed by atoms with van der Waals surface area (Å²) in [6.45, 7) is 8.35. The SMILES string of the molecule is Cc1nc(C)c(C(=O)N2CCCC2c2nc(C)c3c(n2)N(Cc2ccccn2)CCC3)s1. The van der Waals surface area contributed by atoms with Gasteiger partial charge in [0.2, 0.25) is 0 Å². The summed E-state index contributed by atoms with van der Waals surface area (Å²) in [5, 5.41) is 0.924. The largest absolute Gasteiger partial charge is 0.350 e. The van der Waals surface area contributed by atoms with Crippen LogP contribution < -0.4 is 4.90 Å². The summed E-state index contributed by atoms with van der Waals surface area (Å²) in [7, 11) is 0. The molecule has 7 nitrogen and oxygen atoms in total. The highest BCUT2D eigenvalue weighted by Gasteiger charge is 2.35. The first kappa shape index (κ1) is 21.0. The van der Waals surface area contributed by atoms with Crippen LogP contribution in [0.15, 0.2) is 24.4 Å². The van der Waals surface area contributed by atoms with Crippen LogP contribution in [0, 0.1) is 20.8 Å². The number of hydrogen-bond acceptors (Lipinski definition) is 7. The van der Waals surface area contributed by atoms with Gasteiger partial charge in [-0.25, -0.2) is 15.0 Å². The molecule has 1 amide bonds. The Hall–Kier alpha value is -2.87. The van der Waals surface area contributed by atoms with E-state index in [-0.39, 0.29) is 11.9 Å². The molecule has 5 rings (SSSR count). The van der Waals surface area contributed by atoms with Crippen LogP contribution in [0.1, 0.15) is 68.5 Å². The normalized spacial score (nSPS) is 18.2. The molecular formula is C24H28N6OS. The fourth-order valence-electron chi connectivity index (χ4n) is 4.84. The van der Waals surface area contributed by atoms with Crippen LogP contribution >= 0.6 is 11.3 Å². The number of amides is 1. The van der Waals surface area contributed by atoms with Crippen molar-refractivity contribution in [2.45, 2.75) is 59.0 Å². The second-order valence-electron chi connectivity index (χ2n) is 8.62. The fraction of sp³-hybridized carbons (Fsp3) is 0.458. The van der Waals surface area contributed by atoms with Crippen molar-refractivity contribution in [3.05, 3.63) is 62.8 Å². The maximum Gasteiger partial charge on any atom is 0.266 e. The first-order chi connectivity index (χ1) is 15.5. The van der Waals surface area contributed by atoms with E-state index in [0.29, 0.717) is 0 Å². The fourth-order valence-corrected chi connectivity index (χ4v) is 5.71. The molecule has 0 saturated carbocycles. The number of fused-ring (bicyclic) bond motifs is 1. The Bertz CT molecular complexity index is 1140. The van der Waals surface area contributed by atoms with Gasteiger partial charge in [0.25, 0.3) is 5.91 Å². The Balaban J connectivity index is 1.47. The summed E-state index contributed by atoms with van der Waals surface area (Å²) >= 11 is 1.48. The Morgan fingerprint density at radius 1 is 1.09 bits per heavy atom. The number of rotatable bonds is 4. The number of carbonyl (C=O) groups is 1. The lowest BCUT2D eigenvalue weighted by Crippen LogP contribution is -2.34. The van der Waals surface area contributed by atoms with Gasteiger partial charge in [0, 0.05) is 30.5 Å². The first-order valence-electron chi connectivity index (χ1n) is 11.3. The van der Waals surface area contributed by atoms with Crippen LogP contribution in [0.3, 0.4) is 0 Å².